The van der Waals surface area contributed by atoms with Crippen molar-refractivity contribution in [3.63, 3.8) is 0 Å². The lowest BCUT2D eigenvalue weighted by Crippen LogP contribution is -2.36. The molecule has 15 heavy (non-hydrogen) atoms. The van der Waals surface area contributed by atoms with E-state index in [0.29, 0.717) is 17.0 Å². The van der Waals surface area contributed by atoms with Crippen LogP contribution < -0.4 is 5.32 Å². The van der Waals surface area contributed by atoms with Gasteiger partial charge in [0.25, 0.3) is 5.91 Å². The summed E-state index contributed by atoms with van der Waals surface area (Å²) in [7, 11) is 0. The Morgan fingerprint density at radius 2 is 1.93 bits per heavy atom. The van der Waals surface area contributed by atoms with Gasteiger partial charge in [-0.1, -0.05) is 26.0 Å². The Kier molecular flexibility index (Phi) is 2.31. The SMILES string of the molecule is CC(C)c1ccc2c(c1)C(=O)NCC2=O. The third kappa shape index (κ3) is 1.65. The second kappa shape index (κ2) is 3.50. The number of carbonyl (C=O) groups is 2. The zero-order valence-electron chi connectivity index (χ0n) is 8.83. The van der Waals surface area contributed by atoms with Gasteiger partial charge >= 0.3 is 0 Å². The van der Waals surface area contributed by atoms with Crippen LogP contribution in [0.15, 0.2) is 18.2 Å². The number of rotatable bonds is 1. The van der Waals surface area contributed by atoms with Gasteiger partial charge < -0.3 is 5.32 Å². The van der Waals surface area contributed by atoms with E-state index in [1.165, 1.54) is 0 Å². The van der Waals surface area contributed by atoms with Crippen molar-refractivity contribution in [2.45, 2.75) is 19.8 Å². The summed E-state index contributed by atoms with van der Waals surface area (Å²) < 4.78 is 0. The number of ketones is 1. The summed E-state index contributed by atoms with van der Waals surface area (Å²) in [5.41, 5.74) is 2.14. The predicted octanol–water partition coefficient (Wildman–Crippen LogP) is 1.74. The number of hydrogen-bond donors (Lipinski definition) is 1. The molecule has 0 atom stereocenters. The van der Waals surface area contributed by atoms with Crippen molar-refractivity contribution in [2.24, 2.45) is 0 Å². The lowest BCUT2D eigenvalue weighted by Gasteiger charge is -2.17. The van der Waals surface area contributed by atoms with Gasteiger partial charge in [-0.2, -0.15) is 0 Å². The smallest absolute Gasteiger partial charge is 0.252 e. The first-order chi connectivity index (χ1) is 7.09. The normalized spacial score (nSPS) is 15.1. The van der Waals surface area contributed by atoms with Crippen LogP contribution >= 0.6 is 0 Å². The molecule has 0 saturated carbocycles. The summed E-state index contributed by atoms with van der Waals surface area (Å²) in [6.45, 7) is 4.24. The van der Waals surface area contributed by atoms with Crippen LogP contribution in [0, 0.1) is 0 Å². The lowest BCUT2D eigenvalue weighted by atomic mass is 9.93. The molecule has 1 heterocycles. The fourth-order valence-electron chi connectivity index (χ4n) is 1.70. The van der Waals surface area contributed by atoms with Crippen molar-refractivity contribution in [1.82, 2.24) is 5.32 Å². The number of nitrogens with one attached hydrogen (secondary N) is 1. The van der Waals surface area contributed by atoms with Gasteiger partial charge in [-0.25, -0.2) is 0 Å². The summed E-state index contributed by atoms with van der Waals surface area (Å²) in [6.07, 6.45) is 0. The summed E-state index contributed by atoms with van der Waals surface area (Å²) in [6, 6.07) is 5.48. The molecule has 1 N–H and O–H groups in total. The van der Waals surface area contributed by atoms with Crippen LogP contribution in [0.4, 0.5) is 0 Å². The van der Waals surface area contributed by atoms with Crippen molar-refractivity contribution in [3.8, 4) is 0 Å². The molecular weight excluding hydrogens is 190 g/mol. The molecule has 1 aromatic rings. The Balaban J connectivity index is 2.54. The summed E-state index contributed by atoms with van der Waals surface area (Å²) in [4.78, 5) is 23.0. The maximum atomic E-state index is 11.5. The highest BCUT2D eigenvalue weighted by Crippen LogP contribution is 2.21. The van der Waals surface area contributed by atoms with Crippen LogP contribution in [-0.4, -0.2) is 18.2 Å². The Hall–Kier alpha value is -1.64. The molecule has 0 aliphatic carbocycles. The number of amides is 1. The van der Waals surface area contributed by atoms with E-state index >= 15 is 0 Å². The minimum absolute atomic E-state index is 0.0140. The van der Waals surface area contributed by atoms with E-state index in [9.17, 15) is 9.59 Å². The molecule has 2 rings (SSSR count). The van der Waals surface area contributed by atoms with Gasteiger partial charge in [-0.05, 0) is 17.5 Å². The highest BCUT2D eigenvalue weighted by atomic mass is 16.2. The van der Waals surface area contributed by atoms with Crippen LogP contribution in [0.1, 0.15) is 46.0 Å². The highest BCUT2D eigenvalue weighted by molar-refractivity contribution is 6.13. The van der Waals surface area contributed by atoms with Gasteiger partial charge in [-0.15, -0.1) is 0 Å². The number of hydrogen-bond acceptors (Lipinski definition) is 2. The van der Waals surface area contributed by atoms with Gasteiger partial charge in [0.15, 0.2) is 5.78 Å². The largest absolute Gasteiger partial charge is 0.345 e. The van der Waals surface area contributed by atoms with E-state index < -0.39 is 0 Å². The van der Waals surface area contributed by atoms with Crippen molar-refractivity contribution < 1.29 is 9.59 Å². The molecule has 0 radical (unpaired) electrons. The molecule has 3 heteroatoms. The average Bonchev–Trinajstić information content (AvgIpc) is 2.23. The standard InChI is InChI=1S/C12H13NO2/c1-7(2)8-3-4-9-10(5-8)12(15)13-6-11(9)14/h3-5,7H,6H2,1-2H3,(H,13,15). The van der Waals surface area contributed by atoms with E-state index in [-0.39, 0.29) is 18.2 Å². The summed E-state index contributed by atoms with van der Waals surface area (Å²) in [5, 5.41) is 2.57. The zero-order chi connectivity index (χ0) is 11.0. The van der Waals surface area contributed by atoms with E-state index in [2.05, 4.69) is 19.2 Å². The predicted molar refractivity (Wildman–Crippen MR) is 57.2 cm³/mol. The average molecular weight is 203 g/mol. The molecule has 1 aliphatic rings. The van der Waals surface area contributed by atoms with Crippen LogP contribution in [0.3, 0.4) is 0 Å². The van der Waals surface area contributed by atoms with Crippen molar-refractivity contribution in [1.29, 1.82) is 0 Å². The van der Waals surface area contributed by atoms with Crippen LogP contribution in [0.25, 0.3) is 0 Å². The maximum absolute atomic E-state index is 11.5. The zero-order valence-corrected chi connectivity index (χ0v) is 8.83. The lowest BCUT2D eigenvalue weighted by molar-refractivity contribution is 0.0877. The Bertz CT molecular complexity index is 435. The van der Waals surface area contributed by atoms with Gasteiger partial charge in [0.1, 0.15) is 0 Å². The summed E-state index contributed by atoms with van der Waals surface area (Å²) in [5.74, 6) is 0.201. The number of fused-ring (bicyclic) bond motifs is 1. The highest BCUT2D eigenvalue weighted by Gasteiger charge is 2.23. The first-order valence-electron chi connectivity index (χ1n) is 5.05. The minimum Gasteiger partial charge on any atom is -0.345 e. The maximum Gasteiger partial charge on any atom is 0.252 e. The Labute approximate surface area is 88.5 Å². The van der Waals surface area contributed by atoms with Crippen molar-refractivity contribution in [3.05, 3.63) is 34.9 Å². The molecule has 0 unspecified atom stereocenters. The number of carbonyl (C=O) groups excluding carboxylic acids is 2. The molecule has 1 amide bonds. The molecule has 1 aliphatic heterocycles. The molecule has 0 spiro atoms. The van der Waals surface area contributed by atoms with Gasteiger partial charge in [0.2, 0.25) is 0 Å². The molecule has 0 fully saturated rings. The summed E-state index contributed by atoms with van der Waals surface area (Å²) >= 11 is 0. The fourth-order valence-corrected chi connectivity index (χ4v) is 1.70. The van der Waals surface area contributed by atoms with Crippen molar-refractivity contribution in [2.75, 3.05) is 6.54 Å². The Morgan fingerprint density at radius 3 is 2.60 bits per heavy atom. The van der Waals surface area contributed by atoms with Crippen LogP contribution in [0.5, 0.6) is 0 Å². The second-order valence-electron chi connectivity index (χ2n) is 4.07. The molecule has 3 nitrogen and oxygen atoms in total. The van der Waals surface area contributed by atoms with Crippen LogP contribution in [0.2, 0.25) is 0 Å². The van der Waals surface area contributed by atoms with Crippen molar-refractivity contribution >= 4 is 11.7 Å². The first kappa shape index (κ1) is 9.90. The van der Waals surface area contributed by atoms with E-state index in [1.54, 1.807) is 6.07 Å². The van der Waals surface area contributed by atoms with Gasteiger partial charge in [0, 0.05) is 5.56 Å². The first-order valence-corrected chi connectivity index (χ1v) is 5.05. The number of benzene rings is 1. The second-order valence-corrected chi connectivity index (χ2v) is 4.07. The third-order valence-corrected chi connectivity index (χ3v) is 2.66. The number of Topliss-reactive ketones (excluding diaryl/α,β-unsaturated/α-hetero) is 1. The van der Waals surface area contributed by atoms with E-state index in [0.717, 1.165) is 5.56 Å². The van der Waals surface area contributed by atoms with E-state index in [4.69, 9.17) is 0 Å². The molecule has 78 valence electrons. The van der Waals surface area contributed by atoms with E-state index in [1.807, 2.05) is 12.1 Å². The monoisotopic (exact) mass is 203 g/mol. The van der Waals surface area contributed by atoms with Gasteiger partial charge in [-0.3, -0.25) is 9.59 Å². The fraction of sp³-hybridized carbons (Fsp3) is 0.333. The third-order valence-electron chi connectivity index (χ3n) is 2.66. The quantitative estimate of drug-likeness (QED) is 0.755. The van der Waals surface area contributed by atoms with Crippen LogP contribution in [-0.2, 0) is 0 Å². The molecule has 0 aromatic heterocycles. The molecule has 1 aromatic carbocycles. The van der Waals surface area contributed by atoms with Gasteiger partial charge in [0.05, 0.1) is 12.1 Å². The minimum atomic E-state index is -0.146. The topological polar surface area (TPSA) is 46.2 Å². The Morgan fingerprint density at radius 1 is 1.20 bits per heavy atom. The molecule has 0 bridgehead atoms. The molecular formula is C12H13NO2. The molecule has 0 saturated heterocycles.